The molecule has 2 nitrogen and oxygen atoms in total. The van der Waals surface area contributed by atoms with Crippen molar-refractivity contribution in [2.75, 3.05) is 6.79 Å². The molecule has 0 unspecified atom stereocenters. The van der Waals surface area contributed by atoms with Crippen LogP contribution in [-0.2, 0) is 4.74 Å². The maximum Gasteiger partial charge on any atom is 0.229 e. The van der Waals surface area contributed by atoms with Gasteiger partial charge in [0.15, 0.2) is 0 Å². The first kappa shape index (κ1) is 8.65. The van der Waals surface area contributed by atoms with Crippen molar-refractivity contribution in [3.63, 3.8) is 0 Å². The van der Waals surface area contributed by atoms with Crippen molar-refractivity contribution < 1.29 is 9.47 Å². The van der Waals surface area contributed by atoms with Gasteiger partial charge in [-0.1, -0.05) is 24.8 Å². The van der Waals surface area contributed by atoms with Gasteiger partial charge in [-0.3, -0.25) is 0 Å². The maximum absolute atomic E-state index is 5.28. The lowest BCUT2D eigenvalue weighted by Crippen LogP contribution is -1.99. The zero-order valence-electron chi connectivity index (χ0n) is 7.12. The van der Waals surface area contributed by atoms with E-state index < -0.39 is 0 Å². The molecule has 0 saturated carbocycles. The summed E-state index contributed by atoms with van der Waals surface area (Å²) in [6, 6.07) is 7.79. The summed E-state index contributed by atoms with van der Waals surface area (Å²) < 4.78 is 10.1. The van der Waals surface area contributed by atoms with Crippen molar-refractivity contribution in [3.05, 3.63) is 42.7 Å². The van der Waals surface area contributed by atoms with Gasteiger partial charge >= 0.3 is 0 Å². The average molecular weight is 164 g/mol. The van der Waals surface area contributed by atoms with Crippen LogP contribution in [0.3, 0.4) is 0 Å². The van der Waals surface area contributed by atoms with Crippen LogP contribution >= 0.6 is 0 Å². The predicted molar refractivity (Wildman–Crippen MR) is 48.0 cm³/mol. The van der Waals surface area contributed by atoms with Crippen molar-refractivity contribution in [1.82, 2.24) is 0 Å². The molecule has 1 rings (SSSR count). The Morgan fingerprint density at radius 1 is 1.42 bits per heavy atom. The summed E-state index contributed by atoms with van der Waals surface area (Å²) in [7, 11) is 0. The Labute approximate surface area is 72.4 Å². The normalized spacial score (nSPS) is 9.08. The molecule has 0 spiro atoms. The van der Waals surface area contributed by atoms with E-state index in [9.17, 15) is 0 Å². The van der Waals surface area contributed by atoms with Gasteiger partial charge in [-0.25, -0.2) is 0 Å². The lowest BCUT2D eigenvalue weighted by molar-refractivity contribution is 0.0801. The van der Waals surface area contributed by atoms with Crippen LogP contribution < -0.4 is 4.74 Å². The number of para-hydroxylation sites is 1. The van der Waals surface area contributed by atoms with Gasteiger partial charge in [0, 0.05) is 0 Å². The van der Waals surface area contributed by atoms with Crippen LogP contribution in [0.2, 0.25) is 0 Å². The lowest BCUT2D eigenvalue weighted by Gasteiger charge is -2.06. The van der Waals surface area contributed by atoms with Gasteiger partial charge < -0.3 is 9.47 Å². The SMILES string of the molecule is C=COCOc1ccccc1C. The smallest absolute Gasteiger partial charge is 0.229 e. The topological polar surface area (TPSA) is 18.5 Å². The fourth-order valence-electron chi connectivity index (χ4n) is 0.864. The number of hydrogen-bond donors (Lipinski definition) is 0. The van der Waals surface area contributed by atoms with Crippen LogP contribution in [0.5, 0.6) is 5.75 Å². The zero-order valence-corrected chi connectivity index (χ0v) is 7.12. The van der Waals surface area contributed by atoms with Crippen LogP contribution in [0.25, 0.3) is 0 Å². The first-order valence-electron chi connectivity index (χ1n) is 3.75. The minimum Gasteiger partial charge on any atom is -0.466 e. The Morgan fingerprint density at radius 2 is 2.17 bits per heavy atom. The van der Waals surface area contributed by atoms with E-state index in [1.54, 1.807) is 0 Å². The van der Waals surface area contributed by atoms with E-state index in [0.29, 0.717) is 0 Å². The van der Waals surface area contributed by atoms with Crippen molar-refractivity contribution in [1.29, 1.82) is 0 Å². The molecule has 1 aromatic carbocycles. The zero-order chi connectivity index (χ0) is 8.81. The van der Waals surface area contributed by atoms with Crippen LogP contribution in [-0.4, -0.2) is 6.79 Å². The van der Waals surface area contributed by atoms with Gasteiger partial charge in [0.05, 0.1) is 6.26 Å². The molecule has 0 aliphatic heterocycles. The fourth-order valence-corrected chi connectivity index (χ4v) is 0.864. The Morgan fingerprint density at radius 3 is 2.83 bits per heavy atom. The molecule has 0 aliphatic rings. The second-order valence-corrected chi connectivity index (χ2v) is 2.36. The first-order chi connectivity index (χ1) is 5.84. The van der Waals surface area contributed by atoms with Crippen LogP contribution in [0.15, 0.2) is 37.1 Å². The highest BCUT2D eigenvalue weighted by atomic mass is 16.7. The lowest BCUT2D eigenvalue weighted by atomic mass is 10.2. The van der Waals surface area contributed by atoms with Gasteiger partial charge in [-0.2, -0.15) is 0 Å². The van der Waals surface area contributed by atoms with Crippen molar-refractivity contribution in [2.24, 2.45) is 0 Å². The molecule has 0 aliphatic carbocycles. The molecule has 0 bridgehead atoms. The molecule has 2 heteroatoms. The van der Waals surface area contributed by atoms with Crippen molar-refractivity contribution in [2.45, 2.75) is 6.92 Å². The van der Waals surface area contributed by atoms with Crippen LogP contribution in [0.4, 0.5) is 0 Å². The second kappa shape index (κ2) is 4.44. The standard InChI is InChI=1S/C10H12O2/c1-3-11-8-12-10-7-5-4-6-9(10)2/h3-7H,1,8H2,2H3. The summed E-state index contributed by atoms with van der Waals surface area (Å²) in [5.41, 5.74) is 1.10. The van der Waals surface area contributed by atoms with E-state index in [4.69, 9.17) is 9.47 Å². The molecule has 12 heavy (non-hydrogen) atoms. The molecule has 0 saturated heterocycles. The number of ether oxygens (including phenoxy) is 2. The van der Waals surface area contributed by atoms with Gasteiger partial charge in [-0.05, 0) is 18.6 Å². The van der Waals surface area contributed by atoms with E-state index in [1.165, 1.54) is 6.26 Å². The van der Waals surface area contributed by atoms with E-state index >= 15 is 0 Å². The molecule has 0 radical (unpaired) electrons. The van der Waals surface area contributed by atoms with E-state index in [1.807, 2.05) is 31.2 Å². The van der Waals surface area contributed by atoms with E-state index in [2.05, 4.69) is 6.58 Å². The highest BCUT2D eigenvalue weighted by Crippen LogP contribution is 2.15. The molecule has 0 aromatic heterocycles. The average Bonchev–Trinajstić information content (AvgIpc) is 2.09. The Balaban J connectivity index is 2.51. The maximum atomic E-state index is 5.28. The van der Waals surface area contributed by atoms with Gasteiger partial charge in [0.1, 0.15) is 5.75 Å². The molecule has 1 aromatic rings. The number of benzene rings is 1. The van der Waals surface area contributed by atoms with Gasteiger partial charge in [0.25, 0.3) is 0 Å². The number of aryl methyl sites for hydroxylation is 1. The van der Waals surface area contributed by atoms with Gasteiger partial charge in [0.2, 0.25) is 6.79 Å². The predicted octanol–water partition coefficient (Wildman–Crippen LogP) is 2.49. The third-order valence-corrected chi connectivity index (χ3v) is 1.49. The van der Waals surface area contributed by atoms with Crippen molar-refractivity contribution in [3.8, 4) is 5.75 Å². The second-order valence-electron chi connectivity index (χ2n) is 2.36. The van der Waals surface area contributed by atoms with E-state index in [0.717, 1.165) is 11.3 Å². The molecule has 0 fully saturated rings. The summed E-state index contributed by atoms with van der Waals surface area (Å²) in [4.78, 5) is 0. The van der Waals surface area contributed by atoms with Crippen LogP contribution in [0, 0.1) is 6.92 Å². The highest BCUT2D eigenvalue weighted by Gasteiger charge is 1.95. The largest absolute Gasteiger partial charge is 0.466 e. The molecule has 0 amide bonds. The summed E-state index contributed by atoms with van der Waals surface area (Å²) in [6.07, 6.45) is 1.36. The Kier molecular flexibility index (Phi) is 3.20. The van der Waals surface area contributed by atoms with Gasteiger partial charge in [-0.15, -0.1) is 0 Å². The first-order valence-corrected chi connectivity index (χ1v) is 3.75. The minimum atomic E-state index is 0.217. The van der Waals surface area contributed by atoms with Crippen molar-refractivity contribution >= 4 is 0 Å². The molecular weight excluding hydrogens is 152 g/mol. The molecule has 0 heterocycles. The third-order valence-electron chi connectivity index (χ3n) is 1.49. The fraction of sp³-hybridized carbons (Fsp3) is 0.200. The molecule has 0 atom stereocenters. The Hall–Kier alpha value is -1.44. The minimum absolute atomic E-state index is 0.217. The quantitative estimate of drug-likeness (QED) is 0.386. The Bertz CT molecular complexity index is 256. The summed E-state index contributed by atoms with van der Waals surface area (Å²) >= 11 is 0. The molecule has 0 N–H and O–H groups in total. The summed E-state index contributed by atoms with van der Waals surface area (Å²) in [5.74, 6) is 0.847. The van der Waals surface area contributed by atoms with E-state index in [-0.39, 0.29) is 6.79 Å². The number of hydrogen-bond acceptors (Lipinski definition) is 2. The summed E-state index contributed by atoms with van der Waals surface area (Å²) in [5, 5.41) is 0. The molecular formula is C10H12O2. The third kappa shape index (κ3) is 2.31. The number of rotatable bonds is 4. The van der Waals surface area contributed by atoms with Crippen LogP contribution in [0.1, 0.15) is 5.56 Å². The highest BCUT2D eigenvalue weighted by molar-refractivity contribution is 5.31. The summed E-state index contributed by atoms with van der Waals surface area (Å²) in [6.45, 7) is 5.62. The monoisotopic (exact) mass is 164 g/mol. The molecule has 64 valence electrons.